The highest BCUT2D eigenvalue weighted by atomic mass is 35.5. The van der Waals surface area contributed by atoms with Gasteiger partial charge in [-0.3, -0.25) is 9.59 Å². The molecule has 0 aliphatic heterocycles. The Morgan fingerprint density at radius 3 is 2.43 bits per heavy atom. The van der Waals surface area contributed by atoms with Crippen molar-refractivity contribution in [1.29, 1.82) is 0 Å². The maximum Gasteiger partial charge on any atom is 0.355 e. The third-order valence-electron chi connectivity index (χ3n) is 5.69. The summed E-state index contributed by atoms with van der Waals surface area (Å²) >= 11 is 7.66. The Hall–Kier alpha value is -3.23. The van der Waals surface area contributed by atoms with Gasteiger partial charge in [0.25, 0.3) is 5.91 Å². The number of unbranched alkanes of at least 4 members (excludes halogenated alkanes) is 6. The molecule has 0 fully saturated rings. The fourth-order valence-corrected chi connectivity index (χ4v) is 5.08. The van der Waals surface area contributed by atoms with Gasteiger partial charge in [0, 0.05) is 22.1 Å². The zero-order valence-electron chi connectivity index (χ0n) is 20.9. The van der Waals surface area contributed by atoms with Gasteiger partial charge < -0.3 is 10.1 Å². The maximum atomic E-state index is 12.8. The van der Waals surface area contributed by atoms with E-state index in [0.717, 1.165) is 29.3 Å². The lowest BCUT2D eigenvalue weighted by molar-refractivity contribution is -0.126. The van der Waals surface area contributed by atoms with Crippen molar-refractivity contribution in [3.63, 3.8) is 0 Å². The van der Waals surface area contributed by atoms with Gasteiger partial charge in [-0.15, -0.1) is 11.3 Å². The number of hydrogen-bond acceptors (Lipinski definition) is 6. The number of esters is 1. The number of halogens is 1. The number of nitrogens with zero attached hydrogens (tertiary/aromatic N) is 1. The summed E-state index contributed by atoms with van der Waals surface area (Å²) in [6.07, 6.45) is 9.70. The second-order valence-electron chi connectivity index (χ2n) is 8.61. The highest BCUT2D eigenvalue weighted by Gasteiger charge is 2.19. The summed E-state index contributed by atoms with van der Waals surface area (Å²) < 4.78 is 6.47. The number of carbonyl (C=O) groups is 3. The number of carbonyl (C=O) groups excluding carboxylic acids is 3. The van der Waals surface area contributed by atoms with E-state index in [2.05, 4.69) is 22.8 Å². The van der Waals surface area contributed by atoms with Gasteiger partial charge in [-0.1, -0.05) is 87.4 Å². The van der Waals surface area contributed by atoms with Gasteiger partial charge in [0.2, 0.25) is 5.91 Å². The van der Waals surface area contributed by atoms with Crippen molar-refractivity contribution < 1.29 is 19.1 Å². The number of rotatable bonds is 14. The van der Waals surface area contributed by atoms with Crippen LogP contribution in [0.2, 0.25) is 5.02 Å². The monoisotopic (exact) mass is 541 g/mol. The highest BCUT2D eigenvalue weighted by molar-refractivity contribution is 7.21. The first-order valence-corrected chi connectivity index (χ1v) is 13.8. The lowest BCUT2D eigenvalue weighted by atomic mass is 10.1. The van der Waals surface area contributed by atoms with E-state index >= 15 is 0 Å². The molecule has 196 valence electrons. The fourth-order valence-electron chi connectivity index (χ4n) is 3.69. The minimum Gasteiger partial charge on any atom is -0.422 e. The van der Waals surface area contributed by atoms with Crippen LogP contribution in [0.5, 0.6) is 5.75 Å². The van der Waals surface area contributed by atoms with E-state index in [0.29, 0.717) is 21.9 Å². The Morgan fingerprint density at radius 2 is 1.65 bits per heavy atom. The SMILES string of the molecule is CCCCCCCCCC(=O)NCC(=O)NN=Cc1ccccc1OC(=O)c1sc2ccccc2c1Cl. The molecule has 1 heterocycles. The number of thiophene rings is 1. The minimum absolute atomic E-state index is 0.148. The molecule has 9 heteroatoms. The third kappa shape index (κ3) is 8.98. The van der Waals surface area contributed by atoms with E-state index in [4.69, 9.17) is 16.3 Å². The first-order valence-electron chi connectivity index (χ1n) is 12.6. The summed E-state index contributed by atoms with van der Waals surface area (Å²) in [6.45, 7) is 2.03. The molecule has 0 atom stereocenters. The largest absolute Gasteiger partial charge is 0.422 e. The summed E-state index contributed by atoms with van der Waals surface area (Å²) in [5.74, 6) is -0.887. The lowest BCUT2D eigenvalue weighted by Gasteiger charge is -2.07. The van der Waals surface area contributed by atoms with Crippen LogP contribution in [0.15, 0.2) is 53.6 Å². The van der Waals surface area contributed by atoms with Crippen molar-refractivity contribution in [2.45, 2.75) is 58.3 Å². The molecule has 2 amide bonds. The Morgan fingerprint density at radius 1 is 0.946 bits per heavy atom. The Bertz CT molecular complexity index is 1240. The van der Waals surface area contributed by atoms with E-state index in [1.165, 1.54) is 43.2 Å². The number of hydrogen-bond donors (Lipinski definition) is 2. The average molecular weight is 542 g/mol. The molecule has 37 heavy (non-hydrogen) atoms. The summed E-state index contributed by atoms with van der Waals surface area (Å²) in [4.78, 5) is 37.1. The normalized spacial score (nSPS) is 11.1. The molecule has 2 N–H and O–H groups in total. The number of ether oxygens (including phenoxy) is 1. The average Bonchev–Trinajstić information content (AvgIpc) is 3.24. The number of para-hydroxylation sites is 1. The summed E-state index contributed by atoms with van der Waals surface area (Å²) in [6, 6.07) is 14.3. The molecule has 3 aromatic rings. The molecule has 0 bridgehead atoms. The predicted octanol–water partition coefficient (Wildman–Crippen LogP) is 6.48. The molecule has 0 saturated heterocycles. The van der Waals surface area contributed by atoms with Crippen molar-refractivity contribution in [3.05, 3.63) is 64.0 Å². The van der Waals surface area contributed by atoms with Gasteiger partial charge in [0.15, 0.2) is 0 Å². The van der Waals surface area contributed by atoms with Crippen LogP contribution in [0, 0.1) is 0 Å². The van der Waals surface area contributed by atoms with Crippen molar-refractivity contribution >= 4 is 57.0 Å². The standard InChI is InChI=1S/C28H32ClN3O4S/c1-2-3-4-5-6-7-8-17-24(33)30-19-25(34)32-31-18-20-13-9-11-15-22(20)36-28(35)27-26(29)21-14-10-12-16-23(21)37-27/h9-16,18H,2-8,17,19H2,1H3,(H,30,33)(H,32,34). The minimum atomic E-state index is -0.570. The number of hydrazone groups is 1. The van der Waals surface area contributed by atoms with Gasteiger partial charge in [0.1, 0.15) is 10.6 Å². The van der Waals surface area contributed by atoms with E-state index in [9.17, 15) is 14.4 Å². The van der Waals surface area contributed by atoms with Crippen LogP contribution in [0.3, 0.4) is 0 Å². The van der Waals surface area contributed by atoms with Crippen LogP contribution in [0.25, 0.3) is 10.1 Å². The van der Waals surface area contributed by atoms with Gasteiger partial charge >= 0.3 is 5.97 Å². The molecule has 0 unspecified atom stereocenters. The van der Waals surface area contributed by atoms with Crippen molar-refractivity contribution in [2.75, 3.05) is 6.54 Å². The van der Waals surface area contributed by atoms with Crippen LogP contribution >= 0.6 is 22.9 Å². The summed E-state index contributed by atoms with van der Waals surface area (Å²) in [5, 5.41) is 7.70. The molecule has 0 spiro atoms. The molecular formula is C28H32ClN3O4S. The number of benzene rings is 2. The van der Waals surface area contributed by atoms with E-state index < -0.39 is 11.9 Å². The van der Waals surface area contributed by atoms with E-state index in [1.54, 1.807) is 24.3 Å². The smallest absolute Gasteiger partial charge is 0.355 e. The molecule has 3 rings (SSSR count). The zero-order chi connectivity index (χ0) is 26.5. The topological polar surface area (TPSA) is 96.9 Å². The molecule has 0 aliphatic carbocycles. The molecule has 0 radical (unpaired) electrons. The lowest BCUT2D eigenvalue weighted by Crippen LogP contribution is -2.34. The molecule has 2 aromatic carbocycles. The quantitative estimate of drug-likeness (QED) is 0.0802. The predicted molar refractivity (Wildman–Crippen MR) is 150 cm³/mol. The van der Waals surface area contributed by atoms with Crippen molar-refractivity contribution in [1.82, 2.24) is 10.7 Å². The van der Waals surface area contributed by atoms with Crippen LogP contribution in [-0.4, -0.2) is 30.5 Å². The Balaban J connectivity index is 1.44. The van der Waals surface area contributed by atoms with Crippen molar-refractivity contribution in [3.8, 4) is 5.75 Å². The number of nitrogens with one attached hydrogen (secondary N) is 2. The first kappa shape index (κ1) is 28.3. The zero-order valence-corrected chi connectivity index (χ0v) is 22.5. The van der Waals surface area contributed by atoms with E-state index in [-0.39, 0.29) is 18.2 Å². The fraction of sp³-hybridized carbons (Fsp3) is 0.357. The third-order valence-corrected chi connectivity index (χ3v) is 7.34. The van der Waals surface area contributed by atoms with Crippen LogP contribution in [0.4, 0.5) is 0 Å². The van der Waals surface area contributed by atoms with E-state index in [1.807, 2.05) is 24.3 Å². The highest BCUT2D eigenvalue weighted by Crippen LogP contribution is 2.36. The molecular weight excluding hydrogens is 510 g/mol. The van der Waals surface area contributed by atoms with Crippen LogP contribution in [-0.2, 0) is 9.59 Å². The molecule has 1 aromatic heterocycles. The second kappa shape index (κ2) is 15.1. The molecule has 7 nitrogen and oxygen atoms in total. The van der Waals surface area contributed by atoms with Gasteiger partial charge in [-0.25, -0.2) is 10.2 Å². The summed E-state index contributed by atoms with van der Waals surface area (Å²) in [7, 11) is 0. The number of amides is 2. The second-order valence-corrected chi connectivity index (χ2v) is 10.0. The Labute approximate surface area is 226 Å². The maximum absolute atomic E-state index is 12.8. The summed E-state index contributed by atoms with van der Waals surface area (Å²) in [5.41, 5.74) is 2.87. The van der Waals surface area contributed by atoms with Gasteiger partial charge in [-0.05, 0) is 24.6 Å². The molecule has 0 saturated carbocycles. The van der Waals surface area contributed by atoms with Gasteiger partial charge in [-0.2, -0.15) is 5.10 Å². The first-order chi connectivity index (χ1) is 18.0. The molecule has 0 aliphatic rings. The van der Waals surface area contributed by atoms with Gasteiger partial charge in [0.05, 0.1) is 17.8 Å². The van der Waals surface area contributed by atoms with Crippen molar-refractivity contribution in [2.24, 2.45) is 5.10 Å². The van der Waals surface area contributed by atoms with Crippen LogP contribution < -0.4 is 15.5 Å². The Kier molecular flexibility index (Phi) is 11.6. The van der Waals surface area contributed by atoms with Crippen LogP contribution in [0.1, 0.15) is 73.5 Å². The number of fused-ring (bicyclic) bond motifs is 1.